The lowest BCUT2D eigenvalue weighted by atomic mass is 10.3. The minimum Gasteiger partial charge on any atom is -0.339 e. The van der Waals surface area contributed by atoms with E-state index in [4.69, 9.17) is 4.52 Å². The molecule has 0 aliphatic heterocycles. The van der Waals surface area contributed by atoms with Crippen molar-refractivity contribution in [1.82, 2.24) is 15.5 Å². The van der Waals surface area contributed by atoms with Crippen molar-refractivity contribution in [1.29, 1.82) is 0 Å². The summed E-state index contributed by atoms with van der Waals surface area (Å²) in [6.07, 6.45) is 2.78. The van der Waals surface area contributed by atoms with Gasteiger partial charge >= 0.3 is 0 Å². The Balaban J connectivity index is 2.28. The molecule has 0 amide bonds. The predicted molar refractivity (Wildman–Crippen MR) is 55.1 cm³/mol. The maximum atomic E-state index is 5.10. The van der Waals surface area contributed by atoms with E-state index in [2.05, 4.69) is 36.2 Å². The Morgan fingerprint density at radius 3 is 2.79 bits per heavy atom. The highest BCUT2D eigenvalue weighted by molar-refractivity contribution is 4.86. The Hall–Kier alpha value is -0.900. The van der Waals surface area contributed by atoms with Crippen LogP contribution in [0.2, 0.25) is 0 Å². The van der Waals surface area contributed by atoms with E-state index in [1.807, 2.05) is 0 Å². The first-order valence-corrected chi connectivity index (χ1v) is 5.27. The van der Waals surface area contributed by atoms with Crippen molar-refractivity contribution in [3.63, 3.8) is 0 Å². The van der Waals surface area contributed by atoms with Gasteiger partial charge in [0.05, 0.1) is 0 Å². The van der Waals surface area contributed by atoms with E-state index in [1.54, 1.807) is 0 Å². The Bertz CT molecular complexity index is 258. The van der Waals surface area contributed by atoms with Gasteiger partial charge in [0.2, 0.25) is 5.89 Å². The number of aromatic nitrogens is 2. The van der Waals surface area contributed by atoms with Crippen LogP contribution in [0.4, 0.5) is 0 Å². The number of aryl methyl sites for hydroxylation is 1. The predicted octanol–water partition coefficient (Wildman–Crippen LogP) is 1.56. The van der Waals surface area contributed by atoms with Crippen molar-refractivity contribution in [2.24, 2.45) is 0 Å². The van der Waals surface area contributed by atoms with E-state index in [-0.39, 0.29) is 0 Å². The van der Waals surface area contributed by atoms with Gasteiger partial charge in [-0.3, -0.25) is 0 Å². The molecule has 0 saturated carbocycles. The molecular formula is C10H19N3O. The maximum absolute atomic E-state index is 5.10. The summed E-state index contributed by atoms with van der Waals surface area (Å²) in [6.45, 7) is 7.24. The minimum absolute atomic E-state index is 0.507. The van der Waals surface area contributed by atoms with E-state index in [0.29, 0.717) is 6.04 Å². The molecule has 0 spiro atoms. The molecule has 0 radical (unpaired) electrons. The summed E-state index contributed by atoms with van der Waals surface area (Å²) < 4.78 is 5.10. The monoisotopic (exact) mass is 197 g/mol. The molecule has 1 aromatic heterocycles. The molecule has 0 atom stereocenters. The van der Waals surface area contributed by atoms with E-state index in [1.165, 1.54) is 0 Å². The van der Waals surface area contributed by atoms with Gasteiger partial charge in [0.1, 0.15) is 0 Å². The average Bonchev–Trinajstić information content (AvgIpc) is 2.53. The van der Waals surface area contributed by atoms with Crippen LogP contribution in [0.5, 0.6) is 0 Å². The summed E-state index contributed by atoms with van der Waals surface area (Å²) in [5, 5.41) is 7.20. The molecule has 0 aliphatic carbocycles. The van der Waals surface area contributed by atoms with Crippen molar-refractivity contribution in [2.75, 3.05) is 6.54 Å². The average molecular weight is 197 g/mol. The number of hydrogen-bond donors (Lipinski definition) is 1. The fraction of sp³-hybridized carbons (Fsp3) is 0.800. The second-order valence-corrected chi connectivity index (χ2v) is 3.71. The summed E-state index contributed by atoms with van der Waals surface area (Å²) in [6, 6.07) is 0.507. The third-order valence-corrected chi connectivity index (χ3v) is 1.88. The zero-order valence-corrected chi connectivity index (χ0v) is 9.21. The van der Waals surface area contributed by atoms with Gasteiger partial charge in [-0.25, -0.2) is 0 Å². The lowest BCUT2D eigenvalue weighted by Gasteiger charge is -2.04. The van der Waals surface area contributed by atoms with Crippen LogP contribution in [0, 0.1) is 0 Å². The molecule has 0 aliphatic rings. The van der Waals surface area contributed by atoms with Gasteiger partial charge in [-0.05, 0) is 6.42 Å². The topological polar surface area (TPSA) is 51.0 Å². The zero-order valence-electron chi connectivity index (χ0n) is 9.21. The molecule has 1 N–H and O–H groups in total. The van der Waals surface area contributed by atoms with Crippen LogP contribution in [0.3, 0.4) is 0 Å². The van der Waals surface area contributed by atoms with E-state index < -0.39 is 0 Å². The molecule has 14 heavy (non-hydrogen) atoms. The first kappa shape index (κ1) is 11.2. The lowest BCUT2D eigenvalue weighted by Crippen LogP contribution is -2.25. The van der Waals surface area contributed by atoms with Crippen LogP contribution < -0.4 is 5.32 Å². The molecule has 0 saturated heterocycles. The van der Waals surface area contributed by atoms with Crippen LogP contribution in [0.25, 0.3) is 0 Å². The number of rotatable bonds is 6. The molecule has 0 fully saturated rings. The third kappa shape index (κ3) is 3.87. The van der Waals surface area contributed by atoms with Crippen LogP contribution >= 0.6 is 0 Å². The largest absolute Gasteiger partial charge is 0.339 e. The molecule has 1 heterocycles. The van der Waals surface area contributed by atoms with E-state index in [9.17, 15) is 0 Å². The summed E-state index contributed by atoms with van der Waals surface area (Å²) >= 11 is 0. The Kier molecular flexibility index (Phi) is 4.59. The maximum Gasteiger partial charge on any atom is 0.227 e. The molecule has 4 heteroatoms. The quantitative estimate of drug-likeness (QED) is 0.752. The Labute approximate surface area is 85.1 Å². The molecular weight excluding hydrogens is 178 g/mol. The molecule has 80 valence electrons. The van der Waals surface area contributed by atoms with Crippen molar-refractivity contribution in [3.05, 3.63) is 11.7 Å². The fourth-order valence-electron chi connectivity index (χ4n) is 1.18. The van der Waals surface area contributed by atoms with E-state index >= 15 is 0 Å². The normalized spacial score (nSPS) is 11.1. The molecule has 0 aromatic carbocycles. The van der Waals surface area contributed by atoms with Gasteiger partial charge in [-0.1, -0.05) is 25.9 Å². The van der Waals surface area contributed by atoms with Crippen LogP contribution in [0.1, 0.15) is 38.9 Å². The van der Waals surface area contributed by atoms with Crippen molar-refractivity contribution in [3.8, 4) is 0 Å². The molecule has 0 bridgehead atoms. The minimum atomic E-state index is 0.507. The Morgan fingerprint density at radius 1 is 1.36 bits per heavy atom. The first-order chi connectivity index (χ1) is 6.72. The number of nitrogens with one attached hydrogen (secondary N) is 1. The highest BCUT2D eigenvalue weighted by atomic mass is 16.5. The summed E-state index contributed by atoms with van der Waals surface area (Å²) in [5.74, 6) is 1.56. The summed E-state index contributed by atoms with van der Waals surface area (Å²) in [5.41, 5.74) is 0. The van der Waals surface area contributed by atoms with Gasteiger partial charge in [-0.15, -0.1) is 0 Å². The van der Waals surface area contributed by atoms with Gasteiger partial charge in [0.25, 0.3) is 0 Å². The highest BCUT2D eigenvalue weighted by Gasteiger charge is 2.04. The fourth-order valence-corrected chi connectivity index (χ4v) is 1.18. The number of nitrogens with zero attached hydrogens (tertiary/aromatic N) is 2. The molecule has 0 unspecified atom stereocenters. The SMILES string of the molecule is CCCc1noc(CCNC(C)C)n1. The Morgan fingerprint density at radius 2 is 2.14 bits per heavy atom. The van der Waals surface area contributed by atoms with Gasteiger partial charge < -0.3 is 9.84 Å². The van der Waals surface area contributed by atoms with Crippen LogP contribution in [0.15, 0.2) is 4.52 Å². The van der Waals surface area contributed by atoms with Crippen molar-refractivity contribution >= 4 is 0 Å². The lowest BCUT2D eigenvalue weighted by molar-refractivity contribution is 0.369. The third-order valence-electron chi connectivity index (χ3n) is 1.88. The standard InChI is InChI=1S/C10H19N3O/c1-4-5-9-12-10(14-13-9)6-7-11-8(2)3/h8,11H,4-7H2,1-3H3. The van der Waals surface area contributed by atoms with Gasteiger partial charge in [-0.2, -0.15) is 4.98 Å². The summed E-state index contributed by atoms with van der Waals surface area (Å²) in [7, 11) is 0. The number of hydrogen-bond acceptors (Lipinski definition) is 4. The molecule has 4 nitrogen and oxygen atoms in total. The second kappa shape index (κ2) is 5.75. The van der Waals surface area contributed by atoms with Crippen LogP contribution in [-0.4, -0.2) is 22.7 Å². The molecule has 1 aromatic rings. The first-order valence-electron chi connectivity index (χ1n) is 5.27. The molecule has 1 rings (SSSR count). The van der Waals surface area contributed by atoms with Gasteiger partial charge in [0.15, 0.2) is 5.82 Å². The van der Waals surface area contributed by atoms with Crippen molar-refractivity contribution < 1.29 is 4.52 Å². The van der Waals surface area contributed by atoms with Crippen molar-refractivity contribution in [2.45, 2.75) is 46.1 Å². The highest BCUT2D eigenvalue weighted by Crippen LogP contribution is 2.00. The zero-order chi connectivity index (χ0) is 10.4. The second-order valence-electron chi connectivity index (χ2n) is 3.71. The van der Waals surface area contributed by atoms with E-state index in [0.717, 1.165) is 37.5 Å². The van der Waals surface area contributed by atoms with Crippen LogP contribution in [-0.2, 0) is 12.8 Å². The summed E-state index contributed by atoms with van der Waals surface area (Å²) in [4.78, 5) is 4.28. The van der Waals surface area contributed by atoms with Gasteiger partial charge in [0, 0.05) is 25.4 Å². The smallest absolute Gasteiger partial charge is 0.227 e.